The Morgan fingerprint density at radius 2 is 2.04 bits per heavy atom. The van der Waals surface area contributed by atoms with Crippen molar-refractivity contribution in [1.82, 2.24) is 14.5 Å². The summed E-state index contributed by atoms with van der Waals surface area (Å²) in [5.74, 6) is -0.330. The van der Waals surface area contributed by atoms with Gasteiger partial charge in [0, 0.05) is 24.7 Å². The summed E-state index contributed by atoms with van der Waals surface area (Å²) in [4.78, 5) is 33.7. The highest BCUT2D eigenvalue weighted by Crippen LogP contribution is 2.28. The normalized spacial score (nSPS) is 11.0. The van der Waals surface area contributed by atoms with Gasteiger partial charge in [-0.3, -0.25) is 9.36 Å². The zero-order chi connectivity index (χ0) is 20.4. The summed E-state index contributed by atoms with van der Waals surface area (Å²) in [6.07, 6.45) is 1.48. The number of hydrogen-bond acceptors (Lipinski definition) is 7. The number of phenolic OH excluding ortho intramolecular Hbond substituents is 1. The van der Waals surface area contributed by atoms with Gasteiger partial charge in [-0.25, -0.2) is 14.8 Å². The number of carbonyl (C=O) groups is 1. The number of rotatable bonds is 5. The Labute approximate surface area is 161 Å². The van der Waals surface area contributed by atoms with Crippen molar-refractivity contribution in [2.75, 3.05) is 11.9 Å². The van der Waals surface area contributed by atoms with Crippen LogP contribution in [0.2, 0.25) is 0 Å². The first-order valence-corrected chi connectivity index (χ1v) is 8.96. The Kier molecular flexibility index (Phi) is 5.30. The summed E-state index contributed by atoms with van der Waals surface area (Å²) in [6.45, 7) is 5.80. The minimum Gasteiger partial charge on any atom is -0.507 e. The molecular formula is C20H22N4O4. The molecule has 0 saturated heterocycles. The van der Waals surface area contributed by atoms with Gasteiger partial charge in [0.05, 0.1) is 23.4 Å². The lowest BCUT2D eigenvalue weighted by molar-refractivity contribution is 0.0525. The van der Waals surface area contributed by atoms with E-state index in [9.17, 15) is 14.7 Å². The number of esters is 1. The zero-order valence-corrected chi connectivity index (χ0v) is 16.2. The van der Waals surface area contributed by atoms with Crippen LogP contribution in [0.5, 0.6) is 5.75 Å². The van der Waals surface area contributed by atoms with E-state index in [1.54, 1.807) is 32.2 Å². The molecule has 0 saturated carbocycles. The average molecular weight is 382 g/mol. The molecule has 146 valence electrons. The van der Waals surface area contributed by atoms with E-state index in [2.05, 4.69) is 15.3 Å². The maximum absolute atomic E-state index is 12.8. The van der Waals surface area contributed by atoms with Crippen molar-refractivity contribution in [1.29, 1.82) is 0 Å². The van der Waals surface area contributed by atoms with E-state index < -0.39 is 5.97 Å². The predicted octanol–water partition coefficient (Wildman–Crippen LogP) is 2.70. The second-order valence-corrected chi connectivity index (χ2v) is 6.60. The number of nitrogens with one attached hydrogen (secondary N) is 1. The SMILES string of the molecule is CCOC(=O)c1c(O)ccc2nc(-c3cnc(NC(C)C)n(C)c3=O)ccc12. The van der Waals surface area contributed by atoms with Crippen molar-refractivity contribution >= 4 is 22.8 Å². The highest BCUT2D eigenvalue weighted by molar-refractivity contribution is 6.06. The summed E-state index contributed by atoms with van der Waals surface area (Å²) in [7, 11) is 1.64. The molecule has 0 aliphatic heterocycles. The molecule has 28 heavy (non-hydrogen) atoms. The van der Waals surface area contributed by atoms with Crippen molar-refractivity contribution in [2.45, 2.75) is 26.8 Å². The molecular weight excluding hydrogens is 360 g/mol. The first-order chi connectivity index (χ1) is 13.3. The van der Waals surface area contributed by atoms with Crippen LogP contribution in [0.4, 0.5) is 5.95 Å². The molecule has 8 heteroatoms. The van der Waals surface area contributed by atoms with Crippen LogP contribution < -0.4 is 10.9 Å². The molecule has 0 radical (unpaired) electrons. The topological polar surface area (TPSA) is 106 Å². The number of ether oxygens (including phenoxy) is 1. The van der Waals surface area contributed by atoms with Gasteiger partial charge in [0.1, 0.15) is 11.3 Å². The number of carbonyl (C=O) groups excluding carboxylic acids is 1. The molecule has 2 aromatic heterocycles. The number of fused-ring (bicyclic) bond motifs is 1. The van der Waals surface area contributed by atoms with Gasteiger partial charge in [-0.1, -0.05) is 0 Å². The van der Waals surface area contributed by atoms with Gasteiger partial charge in [-0.15, -0.1) is 0 Å². The number of anilines is 1. The van der Waals surface area contributed by atoms with Gasteiger partial charge in [0.15, 0.2) is 0 Å². The molecule has 0 bridgehead atoms. The molecule has 8 nitrogen and oxygen atoms in total. The first-order valence-electron chi connectivity index (χ1n) is 8.96. The summed E-state index contributed by atoms with van der Waals surface area (Å²) in [5, 5.41) is 13.6. The molecule has 2 heterocycles. The molecule has 0 aliphatic carbocycles. The van der Waals surface area contributed by atoms with Crippen LogP contribution >= 0.6 is 0 Å². The minimum atomic E-state index is -0.623. The van der Waals surface area contributed by atoms with Crippen molar-refractivity contribution < 1.29 is 14.6 Å². The molecule has 3 rings (SSSR count). The maximum Gasteiger partial charge on any atom is 0.342 e. The molecule has 0 amide bonds. The number of aromatic hydroxyl groups is 1. The van der Waals surface area contributed by atoms with E-state index in [0.29, 0.717) is 28.1 Å². The quantitative estimate of drug-likeness (QED) is 0.654. The monoisotopic (exact) mass is 382 g/mol. The zero-order valence-electron chi connectivity index (χ0n) is 16.2. The lowest BCUT2D eigenvalue weighted by atomic mass is 10.1. The van der Waals surface area contributed by atoms with E-state index in [1.807, 2.05) is 13.8 Å². The van der Waals surface area contributed by atoms with Crippen LogP contribution in [0.3, 0.4) is 0 Å². The summed E-state index contributed by atoms with van der Waals surface area (Å²) < 4.78 is 6.45. The second kappa shape index (κ2) is 7.67. The van der Waals surface area contributed by atoms with Crippen LogP contribution in [0.25, 0.3) is 22.2 Å². The van der Waals surface area contributed by atoms with Crippen molar-refractivity contribution in [3.05, 3.63) is 46.4 Å². The molecule has 0 spiro atoms. The Hall–Kier alpha value is -3.42. The second-order valence-electron chi connectivity index (χ2n) is 6.60. The number of pyridine rings is 1. The van der Waals surface area contributed by atoms with Crippen molar-refractivity contribution in [3.63, 3.8) is 0 Å². The number of nitrogens with zero attached hydrogens (tertiary/aromatic N) is 3. The summed E-state index contributed by atoms with van der Waals surface area (Å²) in [5.41, 5.74) is 1.04. The van der Waals surface area contributed by atoms with Crippen molar-refractivity contribution in [2.24, 2.45) is 7.05 Å². The lowest BCUT2D eigenvalue weighted by Crippen LogP contribution is -2.25. The third-order valence-electron chi connectivity index (χ3n) is 4.19. The Morgan fingerprint density at radius 1 is 1.29 bits per heavy atom. The molecule has 3 aromatic rings. The van der Waals surface area contributed by atoms with Gasteiger partial charge >= 0.3 is 5.97 Å². The highest BCUT2D eigenvalue weighted by Gasteiger charge is 2.18. The van der Waals surface area contributed by atoms with Crippen LogP contribution in [0.1, 0.15) is 31.1 Å². The standard InChI is InChI=1S/C20H22N4O4/c1-5-28-19(27)17-12-6-7-15(23-14(12)8-9-16(17)25)13-10-21-20(22-11(2)3)24(4)18(13)26/h6-11,25H,5H2,1-4H3,(H,21,22). The number of hydrogen-bond donors (Lipinski definition) is 2. The molecule has 2 N–H and O–H groups in total. The summed E-state index contributed by atoms with van der Waals surface area (Å²) in [6, 6.07) is 6.37. The van der Waals surface area contributed by atoms with Crippen LogP contribution in [0, 0.1) is 0 Å². The summed E-state index contributed by atoms with van der Waals surface area (Å²) >= 11 is 0. The molecule has 0 atom stereocenters. The third kappa shape index (κ3) is 3.53. The average Bonchev–Trinajstić information content (AvgIpc) is 2.65. The maximum atomic E-state index is 12.8. The highest BCUT2D eigenvalue weighted by atomic mass is 16.5. The van der Waals surface area contributed by atoms with Gasteiger partial charge in [-0.05, 0) is 45.0 Å². The van der Waals surface area contributed by atoms with Crippen LogP contribution in [0.15, 0.2) is 35.3 Å². The molecule has 0 aliphatic rings. The number of benzene rings is 1. The first kappa shape index (κ1) is 19.3. The molecule has 0 unspecified atom stereocenters. The van der Waals surface area contributed by atoms with E-state index in [0.717, 1.165) is 0 Å². The Morgan fingerprint density at radius 3 is 2.71 bits per heavy atom. The number of phenols is 1. The lowest BCUT2D eigenvalue weighted by Gasteiger charge is -2.14. The van der Waals surface area contributed by atoms with Gasteiger partial charge in [-0.2, -0.15) is 0 Å². The van der Waals surface area contributed by atoms with Gasteiger partial charge in [0.25, 0.3) is 5.56 Å². The van der Waals surface area contributed by atoms with Crippen molar-refractivity contribution in [3.8, 4) is 17.0 Å². The molecule has 1 aromatic carbocycles. The van der Waals surface area contributed by atoms with Crippen LogP contribution in [-0.4, -0.2) is 38.3 Å². The fraction of sp³-hybridized carbons (Fsp3) is 0.300. The van der Waals surface area contributed by atoms with E-state index in [4.69, 9.17) is 4.74 Å². The minimum absolute atomic E-state index is 0.0564. The van der Waals surface area contributed by atoms with E-state index in [-0.39, 0.29) is 29.5 Å². The predicted molar refractivity (Wildman–Crippen MR) is 107 cm³/mol. The fourth-order valence-corrected chi connectivity index (χ4v) is 2.87. The largest absolute Gasteiger partial charge is 0.507 e. The smallest absolute Gasteiger partial charge is 0.342 e. The molecule has 0 fully saturated rings. The third-order valence-corrected chi connectivity index (χ3v) is 4.19. The van der Waals surface area contributed by atoms with E-state index >= 15 is 0 Å². The van der Waals surface area contributed by atoms with Gasteiger partial charge in [0.2, 0.25) is 5.95 Å². The Bertz CT molecular complexity index is 1110. The fourth-order valence-electron chi connectivity index (χ4n) is 2.87. The number of aromatic nitrogens is 3. The van der Waals surface area contributed by atoms with Crippen LogP contribution in [-0.2, 0) is 11.8 Å². The van der Waals surface area contributed by atoms with E-state index in [1.165, 1.54) is 16.8 Å². The Balaban J connectivity index is 2.11. The van der Waals surface area contributed by atoms with Gasteiger partial charge < -0.3 is 15.2 Å².